The van der Waals surface area contributed by atoms with Gasteiger partial charge in [0, 0.05) is 17.5 Å². The Kier molecular flexibility index (Phi) is 5.04. The predicted molar refractivity (Wildman–Crippen MR) is 116 cm³/mol. The molecule has 2 amide bonds. The number of ether oxygens (including phenoxy) is 1. The molecule has 1 saturated carbocycles. The molecule has 1 aliphatic carbocycles. The van der Waals surface area contributed by atoms with Gasteiger partial charge in [-0.25, -0.2) is 9.31 Å². The van der Waals surface area contributed by atoms with Crippen LogP contribution in [0.2, 0.25) is 0 Å². The third-order valence-corrected chi connectivity index (χ3v) is 5.01. The van der Waals surface area contributed by atoms with Crippen molar-refractivity contribution in [2.75, 3.05) is 10.2 Å². The van der Waals surface area contributed by atoms with Crippen LogP contribution in [0.3, 0.4) is 0 Å². The van der Waals surface area contributed by atoms with Gasteiger partial charge in [-0.1, -0.05) is 6.07 Å². The SMILES string of the molecule is Cc1ccc(N(C(=O)O)C(C)(C)C)cc1Oc1ccc2nc(NC(=O)C3CC3)nn2c1. The van der Waals surface area contributed by atoms with Crippen molar-refractivity contribution in [3.63, 3.8) is 0 Å². The lowest BCUT2D eigenvalue weighted by Gasteiger charge is -2.33. The van der Waals surface area contributed by atoms with Gasteiger partial charge in [0.15, 0.2) is 5.65 Å². The molecule has 2 heterocycles. The van der Waals surface area contributed by atoms with E-state index in [9.17, 15) is 14.7 Å². The second-order valence-electron chi connectivity index (χ2n) is 8.71. The number of nitrogens with one attached hydrogen (secondary N) is 1. The molecular formula is C22H25N5O4. The molecule has 1 aliphatic rings. The van der Waals surface area contributed by atoms with E-state index < -0.39 is 11.6 Å². The average molecular weight is 423 g/mol. The summed E-state index contributed by atoms with van der Waals surface area (Å²) in [5, 5.41) is 16.7. The highest BCUT2D eigenvalue weighted by Gasteiger charge is 2.30. The van der Waals surface area contributed by atoms with Crippen molar-refractivity contribution in [3.8, 4) is 11.5 Å². The van der Waals surface area contributed by atoms with E-state index in [-0.39, 0.29) is 17.8 Å². The summed E-state index contributed by atoms with van der Waals surface area (Å²) in [6.07, 6.45) is 2.45. The lowest BCUT2D eigenvalue weighted by atomic mass is 10.0. The number of aryl methyl sites for hydroxylation is 1. The van der Waals surface area contributed by atoms with Gasteiger partial charge < -0.3 is 9.84 Å². The highest BCUT2D eigenvalue weighted by Crippen LogP contribution is 2.33. The zero-order valence-corrected chi connectivity index (χ0v) is 17.9. The van der Waals surface area contributed by atoms with E-state index in [1.807, 2.05) is 33.8 Å². The van der Waals surface area contributed by atoms with E-state index in [0.29, 0.717) is 22.8 Å². The Bertz CT molecular complexity index is 1160. The fourth-order valence-electron chi connectivity index (χ4n) is 3.28. The maximum atomic E-state index is 11.9. The Morgan fingerprint density at radius 1 is 1.23 bits per heavy atom. The summed E-state index contributed by atoms with van der Waals surface area (Å²) in [6, 6.07) is 8.79. The van der Waals surface area contributed by atoms with E-state index in [0.717, 1.165) is 18.4 Å². The molecular weight excluding hydrogens is 398 g/mol. The number of amides is 2. The molecule has 4 rings (SSSR count). The van der Waals surface area contributed by atoms with Crippen molar-refractivity contribution in [1.82, 2.24) is 14.6 Å². The molecule has 0 aliphatic heterocycles. The number of rotatable bonds is 5. The first-order valence-corrected chi connectivity index (χ1v) is 10.1. The van der Waals surface area contributed by atoms with Crippen LogP contribution in [0.5, 0.6) is 11.5 Å². The number of anilines is 2. The Labute approximate surface area is 179 Å². The summed E-state index contributed by atoms with van der Waals surface area (Å²) in [6.45, 7) is 7.39. The number of benzene rings is 1. The van der Waals surface area contributed by atoms with E-state index in [1.54, 1.807) is 30.5 Å². The number of aromatic nitrogens is 3. The van der Waals surface area contributed by atoms with Crippen molar-refractivity contribution in [2.45, 2.75) is 46.1 Å². The molecule has 9 nitrogen and oxygen atoms in total. The third-order valence-electron chi connectivity index (χ3n) is 5.01. The molecule has 0 atom stereocenters. The summed E-state index contributed by atoms with van der Waals surface area (Å²) >= 11 is 0. The van der Waals surface area contributed by atoms with Crippen LogP contribution in [0.1, 0.15) is 39.2 Å². The molecule has 1 fully saturated rings. The van der Waals surface area contributed by atoms with Crippen molar-refractivity contribution in [2.24, 2.45) is 5.92 Å². The molecule has 0 bridgehead atoms. The minimum absolute atomic E-state index is 0.0540. The molecule has 0 unspecified atom stereocenters. The van der Waals surface area contributed by atoms with Gasteiger partial charge in [0.1, 0.15) is 11.5 Å². The summed E-state index contributed by atoms with van der Waals surface area (Å²) in [5.74, 6) is 1.32. The van der Waals surface area contributed by atoms with Crippen LogP contribution in [0.4, 0.5) is 16.4 Å². The maximum Gasteiger partial charge on any atom is 0.412 e. The van der Waals surface area contributed by atoms with Crippen LogP contribution in [-0.2, 0) is 4.79 Å². The molecule has 0 saturated heterocycles. The first kappa shape index (κ1) is 20.6. The largest absolute Gasteiger partial charge is 0.465 e. The smallest absolute Gasteiger partial charge is 0.412 e. The van der Waals surface area contributed by atoms with Gasteiger partial charge in [0.25, 0.3) is 0 Å². The van der Waals surface area contributed by atoms with Gasteiger partial charge in [0.05, 0.1) is 11.9 Å². The second kappa shape index (κ2) is 7.57. The summed E-state index contributed by atoms with van der Waals surface area (Å²) < 4.78 is 7.58. The van der Waals surface area contributed by atoms with E-state index >= 15 is 0 Å². The molecule has 162 valence electrons. The lowest BCUT2D eigenvalue weighted by Crippen LogP contribution is -2.45. The zero-order chi connectivity index (χ0) is 22.3. The van der Waals surface area contributed by atoms with Crippen molar-refractivity contribution in [1.29, 1.82) is 0 Å². The number of hydrogen-bond donors (Lipinski definition) is 2. The fraction of sp³-hybridized carbons (Fsp3) is 0.364. The van der Waals surface area contributed by atoms with Crippen molar-refractivity contribution >= 4 is 29.3 Å². The van der Waals surface area contributed by atoms with Gasteiger partial charge in [-0.15, -0.1) is 5.10 Å². The first-order chi connectivity index (χ1) is 14.6. The average Bonchev–Trinajstić information content (AvgIpc) is 3.44. The van der Waals surface area contributed by atoms with E-state index in [1.165, 1.54) is 9.42 Å². The maximum absolute atomic E-state index is 11.9. The van der Waals surface area contributed by atoms with Crippen molar-refractivity contribution < 1.29 is 19.4 Å². The monoisotopic (exact) mass is 423 g/mol. The molecule has 9 heteroatoms. The highest BCUT2D eigenvalue weighted by atomic mass is 16.5. The second-order valence-corrected chi connectivity index (χ2v) is 8.71. The van der Waals surface area contributed by atoms with Crippen molar-refractivity contribution in [3.05, 3.63) is 42.1 Å². The number of nitrogens with zero attached hydrogens (tertiary/aromatic N) is 4. The van der Waals surface area contributed by atoms with Crippen LogP contribution < -0.4 is 15.0 Å². The number of carbonyl (C=O) groups is 2. The minimum Gasteiger partial charge on any atom is -0.465 e. The van der Waals surface area contributed by atoms with E-state index in [4.69, 9.17) is 4.74 Å². The molecule has 2 N–H and O–H groups in total. The summed E-state index contributed by atoms with van der Waals surface area (Å²) in [5.41, 5.74) is 1.35. The normalized spacial score (nSPS) is 13.8. The number of hydrogen-bond acceptors (Lipinski definition) is 5. The fourth-order valence-corrected chi connectivity index (χ4v) is 3.28. The predicted octanol–water partition coefficient (Wildman–Crippen LogP) is 4.46. The van der Waals surface area contributed by atoms with Gasteiger partial charge in [-0.05, 0) is 64.3 Å². The first-order valence-electron chi connectivity index (χ1n) is 10.1. The van der Waals surface area contributed by atoms with Gasteiger partial charge in [-0.2, -0.15) is 4.98 Å². The van der Waals surface area contributed by atoms with Crippen LogP contribution in [0, 0.1) is 12.8 Å². The Hall–Kier alpha value is -3.62. The molecule has 2 aromatic heterocycles. The Morgan fingerprint density at radius 2 is 1.97 bits per heavy atom. The third kappa shape index (κ3) is 4.45. The number of carbonyl (C=O) groups excluding carboxylic acids is 1. The van der Waals surface area contributed by atoms with Crippen LogP contribution in [-0.4, -0.2) is 37.2 Å². The Balaban J connectivity index is 1.59. The number of pyridine rings is 1. The lowest BCUT2D eigenvalue weighted by molar-refractivity contribution is -0.117. The summed E-state index contributed by atoms with van der Waals surface area (Å²) in [4.78, 5) is 29.3. The molecule has 1 aromatic carbocycles. The molecule has 31 heavy (non-hydrogen) atoms. The highest BCUT2D eigenvalue weighted by molar-refractivity contribution is 5.92. The standard InChI is InChI=1S/C22H25N5O4/c1-13-5-8-15(27(21(29)30)22(2,3)4)11-17(13)31-16-9-10-18-23-20(25-26(18)12-16)24-19(28)14-6-7-14/h5,8-12,14H,6-7H2,1-4H3,(H,29,30)(H,24,25,28). The number of carboxylic acid groups (broad SMARTS) is 1. The molecule has 0 spiro atoms. The topological polar surface area (TPSA) is 109 Å². The molecule has 0 radical (unpaired) electrons. The molecule has 3 aromatic rings. The van der Waals surface area contributed by atoms with E-state index in [2.05, 4.69) is 15.4 Å². The van der Waals surface area contributed by atoms with Crippen LogP contribution in [0.15, 0.2) is 36.5 Å². The summed E-state index contributed by atoms with van der Waals surface area (Å²) in [7, 11) is 0. The minimum atomic E-state index is -1.04. The van der Waals surface area contributed by atoms with Gasteiger partial charge in [0.2, 0.25) is 11.9 Å². The van der Waals surface area contributed by atoms with Gasteiger partial charge in [-0.3, -0.25) is 15.0 Å². The zero-order valence-electron chi connectivity index (χ0n) is 17.9. The van der Waals surface area contributed by atoms with Crippen LogP contribution >= 0.6 is 0 Å². The quantitative estimate of drug-likeness (QED) is 0.627. The van der Waals surface area contributed by atoms with Crippen LogP contribution in [0.25, 0.3) is 5.65 Å². The Morgan fingerprint density at radius 3 is 2.61 bits per heavy atom. The number of fused-ring (bicyclic) bond motifs is 1. The van der Waals surface area contributed by atoms with Gasteiger partial charge >= 0.3 is 6.09 Å².